The standard InChI is InChI=1S/C5H9ClNOP/c6-5(8)4-2-1-3-7(4)9/h4H,1-3,9H2/t4-/m0/s1. The monoisotopic (exact) mass is 165 g/mol. The van der Waals surface area contributed by atoms with Gasteiger partial charge in [-0.25, -0.2) is 0 Å². The molecule has 1 unspecified atom stereocenters. The minimum absolute atomic E-state index is 0.0448. The summed E-state index contributed by atoms with van der Waals surface area (Å²) in [6.45, 7) is 0.966. The molecule has 0 amide bonds. The number of hydrogen-bond acceptors (Lipinski definition) is 2. The van der Waals surface area contributed by atoms with Gasteiger partial charge in [0.2, 0.25) is 5.24 Å². The maximum atomic E-state index is 10.6. The van der Waals surface area contributed by atoms with E-state index in [1.54, 1.807) is 0 Å². The van der Waals surface area contributed by atoms with Crippen molar-refractivity contribution in [3.8, 4) is 0 Å². The summed E-state index contributed by atoms with van der Waals surface area (Å²) in [4.78, 5) is 10.6. The lowest BCUT2D eigenvalue weighted by molar-refractivity contribution is -0.114. The SMILES string of the molecule is O=C(Cl)[C@@H]1CCCN1P. The van der Waals surface area contributed by atoms with Crippen LogP contribution in [0.2, 0.25) is 0 Å². The lowest BCUT2D eigenvalue weighted by Gasteiger charge is -2.13. The van der Waals surface area contributed by atoms with E-state index in [0.717, 1.165) is 19.4 Å². The van der Waals surface area contributed by atoms with Crippen LogP contribution in [0, 0.1) is 0 Å². The highest BCUT2D eigenvalue weighted by Crippen LogP contribution is 2.22. The molecule has 0 aliphatic carbocycles. The maximum absolute atomic E-state index is 10.6. The van der Waals surface area contributed by atoms with Crippen LogP contribution in [-0.2, 0) is 4.79 Å². The Balaban J connectivity index is 2.49. The second-order valence-electron chi connectivity index (χ2n) is 2.20. The summed E-state index contributed by atoms with van der Waals surface area (Å²) in [5.41, 5.74) is 0. The summed E-state index contributed by atoms with van der Waals surface area (Å²) >= 11 is 5.29. The first-order valence-electron chi connectivity index (χ1n) is 2.92. The first kappa shape index (κ1) is 7.46. The van der Waals surface area contributed by atoms with E-state index in [2.05, 4.69) is 9.39 Å². The Labute approximate surface area is 61.8 Å². The van der Waals surface area contributed by atoms with E-state index in [1.165, 1.54) is 0 Å². The van der Waals surface area contributed by atoms with Crippen LogP contribution in [0.5, 0.6) is 0 Å². The third kappa shape index (κ3) is 1.64. The average Bonchev–Trinajstić information content (AvgIpc) is 2.13. The van der Waals surface area contributed by atoms with Gasteiger partial charge >= 0.3 is 0 Å². The van der Waals surface area contributed by atoms with Crippen LogP contribution < -0.4 is 0 Å². The molecule has 4 heteroatoms. The van der Waals surface area contributed by atoms with Gasteiger partial charge in [-0.1, -0.05) is 9.39 Å². The van der Waals surface area contributed by atoms with Crippen molar-refractivity contribution in [3.05, 3.63) is 0 Å². The van der Waals surface area contributed by atoms with Gasteiger partial charge in [0.1, 0.15) is 0 Å². The highest BCUT2D eigenvalue weighted by molar-refractivity contribution is 7.13. The molecule has 0 saturated carbocycles. The minimum atomic E-state index is -0.234. The van der Waals surface area contributed by atoms with E-state index in [1.807, 2.05) is 4.67 Å². The number of carbonyl (C=O) groups excluding carboxylic acids is 1. The first-order valence-corrected chi connectivity index (χ1v) is 3.82. The Hall–Kier alpha value is 0.350. The predicted molar refractivity (Wildman–Crippen MR) is 40.3 cm³/mol. The molecular weight excluding hydrogens is 156 g/mol. The first-order chi connectivity index (χ1) is 4.22. The predicted octanol–water partition coefficient (Wildman–Crippen LogP) is 1.01. The highest BCUT2D eigenvalue weighted by Gasteiger charge is 2.25. The van der Waals surface area contributed by atoms with Crippen molar-refractivity contribution >= 4 is 26.2 Å². The fraction of sp³-hybridized carbons (Fsp3) is 0.800. The van der Waals surface area contributed by atoms with Crippen molar-refractivity contribution in [2.45, 2.75) is 18.9 Å². The average molecular weight is 166 g/mol. The van der Waals surface area contributed by atoms with Gasteiger partial charge in [-0.3, -0.25) is 9.46 Å². The van der Waals surface area contributed by atoms with Gasteiger partial charge in [0, 0.05) is 6.54 Å². The fourth-order valence-electron chi connectivity index (χ4n) is 1.03. The number of carbonyl (C=O) groups is 1. The van der Waals surface area contributed by atoms with Gasteiger partial charge in [-0.2, -0.15) is 0 Å². The van der Waals surface area contributed by atoms with Gasteiger partial charge in [-0.15, -0.1) is 0 Å². The van der Waals surface area contributed by atoms with Gasteiger partial charge < -0.3 is 0 Å². The molecule has 1 saturated heterocycles. The molecule has 0 spiro atoms. The number of hydrogen-bond donors (Lipinski definition) is 0. The lowest BCUT2D eigenvalue weighted by Crippen LogP contribution is -2.24. The molecule has 2 nitrogen and oxygen atoms in total. The van der Waals surface area contributed by atoms with Crippen molar-refractivity contribution in [1.29, 1.82) is 0 Å². The molecule has 0 bridgehead atoms. The van der Waals surface area contributed by atoms with E-state index in [9.17, 15) is 4.79 Å². The van der Waals surface area contributed by atoms with E-state index in [4.69, 9.17) is 11.6 Å². The molecule has 2 atom stereocenters. The third-order valence-electron chi connectivity index (χ3n) is 1.56. The molecule has 0 aromatic carbocycles. The molecule has 0 aromatic heterocycles. The minimum Gasteiger partial charge on any atom is -0.280 e. The van der Waals surface area contributed by atoms with Crippen molar-refractivity contribution in [3.63, 3.8) is 0 Å². The van der Waals surface area contributed by atoms with E-state index in [-0.39, 0.29) is 11.3 Å². The summed E-state index contributed by atoms with van der Waals surface area (Å²) in [7, 11) is 2.51. The normalized spacial score (nSPS) is 28.9. The Bertz CT molecular complexity index is 130. The van der Waals surface area contributed by atoms with Gasteiger partial charge in [-0.05, 0) is 24.4 Å². The van der Waals surface area contributed by atoms with Crippen LogP contribution in [-0.4, -0.2) is 22.5 Å². The smallest absolute Gasteiger partial charge is 0.239 e. The van der Waals surface area contributed by atoms with Crippen LogP contribution in [0.15, 0.2) is 0 Å². The lowest BCUT2D eigenvalue weighted by atomic mass is 10.2. The zero-order chi connectivity index (χ0) is 6.85. The molecule has 0 N–H and O–H groups in total. The summed E-state index contributed by atoms with van der Waals surface area (Å²) < 4.78 is 1.91. The van der Waals surface area contributed by atoms with Crippen molar-refractivity contribution in [2.24, 2.45) is 0 Å². The molecular formula is C5H9ClNOP. The van der Waals surface area contributed by atoms with Crippen molar-refractivity contribution in [1.82, 2.24) is 4.67 Å². The van der Waals surface area contributed by atoms with Crippen LogP contribution in [0.25, 0.3) is 0 Å². The zero-order valence-corrected chi connectivity index (χ0v) is 6.92. The number of rotatable bonds is 1. The van der Waals surface area contributed by atoms with E-state index < -0.39 is 0 Å². The summed E-state index contributed by atoms with van der Waals surface area (Å²) in [5.74, 6) is 0. The Morgan fingerprint density at radius 1 is 1.78 bits per heavy atom. The van der Waals surface area contributed by atoms with Crippen LogP contribution in [0.4, 0.5) is 0 Å². The molecule has 1 fully saturated rings. The number of halogens is 1. The molecule has 1 aliphatic heterocycles. The second-order valence-corrected chi connectivity index (χ2v) is 3.24. The Morgan fingerprint density at radius 3 is 2.67 bits per heavy atom. The second kappa shape index (κ2) is 2.96. The van der Waals surface area contributed by atoms with Crippen molar-refractivity contribution in [2.75, 3.05) is 6.54 Å². The largest absolute Gasteiger partial charge is 0.280 e. The topological polar surface area (TPSA) is 20.3 Å². The van der Waals surface area contributed by atoms with Crippen LogP contribution >= 0.6 is 21.0 Å². The Kier molecular flexibility index (Phi) is 2.45. The van der Waals surface area contributed by atoms with E-state index >= 15 is 0 Å². The third-order valence-corrected chi connectivity index (χ3v) is 2.43. The maximum Gasteiger partial charge on any atom is 0.239 e. The molecule has 1 rings (SSSR count). The van der Waals surface area contributed by atoms with Crippen LogP contribution in [0.3, 0.4) is 0 Å². The zero-order valence-electron chi connectivity index (χ0n) is 5.01. The number of nitrogens with zero attached hydrogens (tertiary/aromatic N) is 1. The fourth-order valence-corrected chi connectivity index (χ4v) is 1.83. The molecule has 0 aromatic rings. The van der Waals surface area contributed by atoms with Gasteiger partial charge in [0.25, 0.3) is 0 Å². The quantitative estimate of drug-likeness (QED) is 0.427. The summed E-state index contributed by atoms with van der Waals surface area (Å²) in [6, 6.07) is -0.0448. The molecule has 52 valence electrons. The molecule has 0 radical (unpaired) electrons. The molecule has 9 heavy (non-hydrogen) atoms. The molecule has 1 heterocycles. The summed E-state index contributed by atoms with van der Waals surface area (Å²) in [5, 5.41) is -0.234. The highest BCUT2D eigenvalue weighted by atomic mass is 35.5. The van der Waals surface area contributed by atoms with Crippen molar-refractivity contribution < 1.29 is 4.79 Å². The summed E-state index contributed by atoms with van der Waals surface area (Å²) in [6.07, 6.45) is 1.98. The van der Waals surface area contributed by atoms with Gasteiger partial charge in [0.05, 0.1) is 6.04 Å². The van der Waals surface area contributed by atoms with Gasteiger partial charge in [0.15, 0.2) is 0 Å². The molecule has 1 aliphatic rings. The Morgan fingerprint density at radius 2 is 2.44 bits per heavy atom. The van der Waals surface area contributed by atoms with Crippen LogP contribution in [0.1, 0.15) is 12.8 Å². The van der Waals surface area contributed by atoms with E-state index in [0.29, 0.717) is 0 Å².